The van der Waals surface area contributed by atoms with Crippen molar-refractivity contribution in [2.45, 2.75) is 206 Å². The number of hydrogen-bond donors (Lipinski definition) is 2. The summed E-state index contributed by atoms with van der Waals surface area (Å²) in [6.07, 6.45) is 38.9. The third-order valence-corrected chi connectivity index (χ3v) is 7.83. The Hall–Kier alpha value is -0.0800. The summed E-state index contributed by atoms with van der Waals surface area (Å²) in [4.78, 5) is 0. The van der Waals surface area contributed by atoms with Gasteiger partial charge >= 0.3 is 0 Å². The number of rotatable bonds is 29. The molecular weight excluding hydrogens is 412 g/mol. The number of unbranched alkanes of at least 4 members (excludes halogenated alkanes) is 24. The van der Waals surface area contributed by atoms with Crippen LogP contribution in [0.25, 0.3) is 0 Å². The molecule has 206 valence electrons. The fraction of sp³-hybridized carbons (Fsp3) is 1.00. The first-order valence-corrected chi connectivity index (χ1v) is 16.2. The second-order valence-electron chi connectivity index (χ2n) is 11.4. The van der Waals surface area contributed by atoms with Crippen LogP contribution in [0.2, 0.25) is 0 Å². The maximum Gasteiger partial charge on any atom is 0.0192 e. The molecule has 34 heavy (non-hydrogen) atoms. The topological polar surface area (TPSA) is 52.0 Å². The Morgan fingerprint density at radius 3 is 0.676 bits per heavy atom. The predicted octanol–water partition coefficient (Wildman–Crippen LogP) is 10.6. The van der Waals surface area contributed by atoms with E-state index in [4.69, 9.17) is 11.5 Å². The molecule has 0 aliphatic heterocycles. The summed E-state index contributed by atoms with van der Waals surface area (Å²) >= 11 is 0. The van der Waals surface area contributed by atoms with Gasteiger partial charge in [0.15, 0.2) is 0 Å². The zero-order chi connectivity index (χ0) is 25.0. The van der Waals surface area contributed by atoms with E-state index in [1.165, 1.54) is 167 Å². The lowest BCUT2D eigenvalue weighted by atomic mass is 9.96. The van der Waals surface area contributed by atoms with Crippen molar-refractivity contribution in [1.82, 2.24) is 0 Å². The van der Waals surface area contributed by atoms with Gasteiger partial charge in [0.25, 0.3) is 0 Å². The van der Waals surface area contributed by atoms with Gasteiger partial charge in [0.05, 0.1) is 0 Å². The van der Waals surface area contributed by atoms with Gasteiger partial charge in [-0.1, -0.05) is 181 Å². The first-order chi connectivity index (χ1) is 16.7. The Morgan fingerprint density at radius 1 is 0.294 bits per heavy atom. The maximum absolute atomic E-state index is 6.38. The summed E-state index contributed by atoms with van der Waals surface area (Å²) in [6, 6.07) is 0.426. The van der Waals surface area contributed by atoms with Crippen molar-refractivity contribution in [1.29, 1.82) is 0 Å². The molecule has 0 aromatic heterocycles. The molecular formula is C32H68N2. The van der Waals surface area contributed by atoms with Crippen LogP contribution in [0.4, 0.5) is 0 Å². The van der Waals surface area contributed by atoms with Crippen molar-refractivity contribution in [3.63, 3.8) is 0 Å². The minimum atomic E-state index is 0.213. The Kier molecular flexibility index (Phi) is 29.1. The monoisotopic (exact) mass is 481 g/mol. The fourth-order valence-corrected chi connectivity index (χ4v) is 5.22. The van der Waals surface area contributed by atoms with E-state index in [0.717, 1.165) is 12.8 Å². The van der Waals surface area contributed by atoms with Gasteiger partial charge < -0.3 is 11.5 Å². The number of nitrogens with two attached hydrogens (primary N) is 2. The van der Waals surface area contributed by atoms with Crippen LogP contribution in [0.1, 0.15) is 194 Å². The van der Waals surface area contributed by atoms with Crippen LogP contribution in [0.15, 0.2) is 0 Å². The van der Waals surface area contributed by atoms with E-state index >= 15 is 0 Å². The average molecular weight is 481 g/mol. The normalized spacial score (nSPS) is 13.4. The zero-order valence-corrected chi connectivity index (χ0v) is 24.1. The quantitative estimate of drug-likeness (QED) is 0.105. The van der Waals surface area contributed by atoms with Crippen LogP contribution in [0, 0.1) is 0 Å². The largest absolute Gasteiger partial charge is 0.326 e. The standard InChI is InChI=1S/C32H68N2/c1-3-5-7-9-11-13-15-17-19-21-23-25-27-29-31(33)32(34)30-28-26-24-22-20-18-16-14-12-10-8-6-4-2/h31-32H,3-30,33-34H2,1-2H3. The molecule has 0 aromatic rings. The van der Waals surface area contributed by atoms with Crippen molar-refractivity contribution >= 4 is 0 Å². The van der Waals surface area contributed by atoms with Crippen LogP contribution in [0.3, 0.4) is 0 Å². The Balaban J connectivity index is 3.28. The highest BCUT2D eigenvalue weighted by Gasteiger charge is 2.12. The van der Waals surface area contributed by atoms with Crippen molar-refractivity contribution in [3.05, 3.63) is 0 Å². The molecule has 2 unspecified atom stereocenters. The molecule has 2 heteroatoms. The van der Waals surface area contributed by atoms with E-state index in [1.807, 2.05) is 0 Å². The molecule has 0 bridgehead atoms. The summed E-state index contributed by atoms with van der Waals surface area (Å²) in [6.45, 7) is 4.59. The molecule has 2 atom stereocenters. The van der Waals surface area contributed by atoms with Crippen molar-refractivity contribution in [3.8, 4) is 0 Å². The van der Waals surface area contributed by atoms with Gasteiger partial charge in [-0.05, 0) is 12.8 Å². The Morgan fingerprint density at radius 2 is 0.471 bits per heavy atom. The Bertz CT molecular complexity index is 323. The van der Waals surface area contributed by atoms with Gasteiger partial charge in [-0.3, -0.25) is 0 Å². The summed E-state index contributed by atoms with van der Waals surface area (Å²) in [7, 11) is 0. The lowest BCUT2D eigenvalue weighted by molar-refractivity contribution is 0.428. The maximum atomic E-state index is 6.38. The molecule has 0 saturated carbocycles. The molecule has 0 aliphatic rings. The average Bonchev–Trinajstić information content (AvgIpc) is 2.84. The molecule has 0 aliphatic carbocycles. The minimum Gasteiger partial charge on any atom is -0.326 e. The third-order valence-electron chi connectivity index (χ3n) is 7.83. The molecule has 0 fully saturated rings. The third kappa shape index (κ3) is 26.5. The van der Waals surface area contributed by atoms with Gasteiger partial charge in [0.1, 0.15) is 0 Å². The molecule has 0 rings (SSSR count). The van der Waals surface area contributed by atoms with E-state index < -0.39 is 0 Å². The van der Waals surface area contributed by atoms with Crippen molar-refractivity contribution in [2.75, 3.05) is 0 Å². The summed E-state index contributed by atoms with van der Waals surface area (Å²) in [5.41, 5.74) is 12.8. The van der Waals surface area contributed by atoms with Gasteiger partial charge in [0, 0.05) is 12.1 Å². The summed E-state index contributed by atoms with van der Waals surface area (Å²) in [5.74, 6) is 0. The lowest BCUT2D eigenvalue weighted by Gasteiger charge is -2.19. The molecule has 4 N–H and O–H groups in total. The van der Waals surface area contributed by atoms with Crippen LogP contribution < -0.4 is 11.5 Å². The van der Waals surface area contributed by atoms with Crippen LogP contribution in [0.5, 0.6) is 0 Å². The van der Waals surface area contributed by atoms with Crippen molar-refractivity contribution in [2.24, 2.45) is 11.5 Å². The van der Waals surface area contributed by atoms with Crippen LogP contribution in [-0.4, -0.2) is 12.1 Å². The first-order valence-electron chi connectivity index (χ1n) is 16.2. The van der Waals surface area contributed by atoms with E-state index in [9.17, 15) is 0 Å². The second-order valence-corrected chi connectivity index (χ2v) is 11.4. The Labute approximate surface area is 217 Å². The fourth-order valence-electron chi connectivity index (χ4n) is 5.22. The van der Waals surface area contributed by atoms with Crippen LogP contribution in [-0.2, 0) is 0 Å². The SMILES string of the molecule is CCCCCCCCCCCCCCCC(N)C(N)CCCCCCCCCCCCCCC. The zero-order valence-electron chi connectivity index (χ0n) is 24.1. The highest BCUT2D eigenvalue weighted by atomic mass is 14.8. The first kappa shape index (κ1) is 33.9. The van der Waals surface area contributed by atoms with E-state index in [0.29, 0.717) is 0 Å². The molecule has 0 radical (unpaired) electrons. The predicted molar refractivity (Wildman–Crippen MR) is 157 cm³/mol. The van der Waals surface area contributed by atoms with E-state index in [2.05, 4.69) is 13.8 Å². The van der Waals surface area contributed by atoms with Gasteiger partial charge in [0.2, 0.25) is 0 Å². The second kappa shape index (κ2) is 29.2. The molecule has 0 spiro atoms. The molecule has 0 heterocycles. The molecule has 0 saturated heterocycles. The smallest absolute Gasteiger partial charge is 0.0192 e. The summed E-state index contributed by atoms with van der Waals surface area (Å²) < 4.78 is 0. The molecule has 2 nitrogen and oxygen atoms in total. The highest BCUT2D eigenvalue weighted by Crippen LogP contribution is 2.16. The van der Waals surface area contributed by atoms with Crippen LogP contribution >= 0.6 is 0 Å². The van der Waals surface area contributed by atoms with Gasteiger partial charge in [-0.2, -0.15) is 0 Å². The van der Waals surface area contributed by atoms with Crippen molar-refractivity contribution < 1.29 is 0 Å². The van der Waals surface area contributed by atoms with E-state index in [-0.39, 0.29) is 12.1 Å². The molecule has 0 amide bonds. The number of hydrogen-bond acceptors (Lipinski definition) is 2. The van der Waals surface area contributed by atoms with E-state index in [1.54, 1.807) is 0 Å². The highest BCUT2D eigenvalue weighted by molar-refractivity contribution is 4.75. The lowest BCUT2D eigenvalue weighted by Crippen LogP contribution is -2.41. The molecule has 0 aromatic carbocycles. The minimum absolute atomic E-state index is 0.213. The van der Waals surface area contributed by atoms with Gasteiger partial charge in [-0.15, -0.1) is 0 Å². The van der Waals surface area contributed by atoms with Gasteiger partial charge in [-0.25, -0.2) is 0 Å². The summed E-state index contributed by atoms with van der Waals surface area (Å²) in [5, 5.41) is 0.